The fraction of sp³-hybridized carbons (Fsp3) is 0.579. The summed E-state index contributed by atoms with van der Waals surface area (Å²) in [6.45, 7) is 3.08. The maximum Gasteiger partial charge on any atom is 0.319 e. The molecule has 3 heterocycles. The molecule has 1 aromatic heterocycles. The van der Waals surface area contributed by atoms with Crippen LogP contribution in [0, 0.1) is 5.92 Å². The average molecular weight is 391 g/mol. The molecule has 8 heteroatoms. The van der Waals surface area contributed by atoms with Crippen LogP contribution in [0.3, 0.4) is 0 Å². The highest BCUT2D eigenvalue weighted by molar-refractivity contribution is 6.35. The summed E-state index contributed by atoms with van der Waals surface area (Å²) in [6, 6.07) is 1.58. The van der Waals surface area contributed by atoms with E-state index < -0.39 is 5.54 Å². The topological polar surface area (TPSA) is 88.4 Å². The Labute approximate surface area is 162 Å². The molecule has 3 aliphatic rings. The molecule has 1 saturated heterocycles. The first-order valence-corrected chi connectivity index (χ1v) is 10.0. The zero-order valence-electron chi connectivity index (χ0n) is 15.1. The van der Waals surface area contributed by atoms with Crippen LogP contribution in [0.15, 0.2) is 10.5 Å². The smallest absolute Gasteiger partial charge is 0.319 e. The van der Waals surface area contributed by atoms with Crippen LogP contribution < -0.4 is 16.0 Å². The molecule has 144 valence electrons. The van der Waals surface area contributed by atoms with Gasteiger partial charge < -0.3 is 25.1 Å². The minimum atomic E-state index is -0.424. The van der Waals surface area contributed by atoms with Crippen molar-refractivity contribution in [2.45, 2.75) is 44.2 Å². The number of oxazole rings is 1. The predicted molar refractivity (Wildman–Crippen MR) is 102 cm³/mol. The van der Waals surface area contributed by atoms with E-state index in [0.717, 1.165) is 62.1 Å². The largest absolute Gasteiger partial charge is 0.439 e. The Morgan fingerprint density at radius 2 is 2.11 bits per heavy atom. The molecule has 2 aromatic rings. The van der Waals surface area contributed by atoms with Gasteiger partial charge in [-0.05, 0) is 18.9 Å². The van der Waals surface area contributed by atoms with E-state index in [1.807, 2.05) is 0 Å². The molecule has 5 rings (SSSR count). The van der Waals surface area contributed by atoms with Crippen molar-refractivity contribution < 1.29 is 13.9 Å². The summed E-state index contributed by atoms with van der Waals surface area (Å²) in [5.41, 5.74) is 2.66. The van der Waals surface area contributed by atoms with Gasteiger partial charge in [0.15, 0.2) is 5.58 Å². The fourth-order valence-electron chi connectivity index (χ4n) is 4.48. The predicted octanol–water partition coefficient (Wildman–Crippen LogP) is 3.51. The Morgan fingerprint density at radius 1 is 1.30 bits per heavy atom. The lowest BCUT2D eigenvalue weighted by Crippen LogP contribution is -2.52. The second-order valence-electron chi connectivity index (χ2n) is 7.82. The summed E-state index contributed by atoms with van der Waals surface area (Å²) >= 11 is 6.52. The van der Waals surface area contributed by atoms with Crippen LogP contribution >= 0.6 is 11.6 Å². The number of benzene rings is 1. The Balaban J connectivity index is 1.52. The van der Waals surface area contributed by atoms with Crippen LogP contribution in [0.25, 0.3) is 11.1 Å². The molecule has 1 aliphatic carbocycles. The van der Waals surface area contributed by atoms with Crippen LogP contribution in [0.5, 0.6) is 0 Å². The normalized spacial score (nSPS) is 21.6. The number of hydrogen-bond acceptors (Lipinski definition) is 5. The summed E-state index contributed by atoms with van der Waals surface area (Å²) in [6.07, 6.45) is 5.09. The first-order valence-electron chi connectivity index (χ1n) is 9.65. The number of halogens is 1. The standard InChI is InChI=1S/C19H23ClN4O3/c20-12-6-13-17(27-14(22-13)8-21-7-11-9-26-10-11)15-16(12)23-18(25)24-19(15)4-2-1-3-5-19/h6,11,21H,1-5,7-10H2,(H2,23,24,25). The number of hydrogen-bond donors (Lipinski definition) is 3. The number of rotatable bonds is 4. The van der Waals surface area contributed by atoms with Crippen LogP contribution in [0.1, 0.15) is 43.6 Å². The number of fused-ring (bicyclic) bond motifs is 4. The van der Waals surface area contributed by atoms with E-state index in [1.165, 1.54) is 6.42 Å². The van der Waals surface area contributed by atoms with Crippen molar-refractivity contribution in [3.8, 4) is 0 Å². The highest BCUT2D eigenvalue weighted by Gasteiger charge is 2.44. The van der Waals surface area contributed by atoms with E-state index in [9.17, 15) is 4.79 Å². The molecular formula is C19H23ClN4O3. The van der Waals surface area contributed by atoms with Crippen molar-refractivity contribution in [3.63, 3.8) is 0 Å². The molecule has 0 unspecified atom stereocenters. The van der Waals surface area contributed by atoms with Crippen LogP contribution in [-0.2, 0) is 16.8 Å². The van der Waals surface area contributed by atoms with Crippen molar-refractivity contribution in [1.82, 2.24) is 15.6 Å². The van der Waals surface area contributed by atoms with Gasteiger partial charge in [-0.3, -0.25) is 0 Å². The van der Waals surface area contributed by atoms with Gasteiger partial charge in [-0.2, -0.15) is 0 Å². The zero-order chi connectivity index (χ0) is 18.4. The van der Waals surface area contributed by atoms with Gasteiger partial charge in [-0.1, -0.05) is 30.9 Å². The molecular weight excluding hydrogens is 368 g/mol. The van der Waals surface area contributed by atoms with Crippen molar-refractivity contribution in [2.75, 3.05) is 25.1 Å². The van der Waals surface area contributed by atoms with E-state index in [1.54, 1.807) is 6.07 Å². The molecule has 2 amide bonds. The van der Waals surface area contributed by atoms with Gasteiger partial charge in [0.1, 0.15) is 5.52 Å². The number of carbonyl (C=O) groups excluding carboxylic acids is 1. The Morgan fingerprint density at radius 3 is 2.85 bits per heavy atom. The second kappa shape index (κ2) is 6.65. The monoisotopic (exact) mass is 390 g/mol. The highest BCUT2D eigenvalue weighted by Crippen LogP contribution is 2.48. The number of aromatic nitrogens is 1. The number of amides is 2. The number of nitrogens with zero attached hydrogens (tertiary/aromatic N) is 1. The quantitative estimate of drug-likeness (QED) is 0.743. The molecule has 1 aromatic carbocycles. The maximum absolute atomic E-state index is 12.3. The van der Waals surface area contributed by atoms with Gasteiger partial charge in [0.2, 0.25) is 5.89 Å². The summed E-state index contributed by atoms with van der Waals surface area (Å²) < 4.78 is 11.4. The lowest BCUT2D eigenvalue weighted by atomic mass is 9.74. The van der Waals surface area contributed by atoms with E-state index in [-0.39, 0.29) is 6.03 Å². The molecule has 1 saturated carbocycles. The molecule has 2 aliphatic heterocycles. The molecule has 0 bridgehead atoms. The molecule has 0 radical (unpaired) electrons. The van der Waals surface area contributed by atoms with E-state index in [4.69, 9.17) is 20.8 Å². The van der Waals surface area contributed by atoms with Crippen LogP contribution in [0.2, 0.25) is 5.02 Å². The third-order valence-electron chi connectivity index (χ3n) is 5.87. The minimum absolute atomic E-state index is 0.199. The lowest BCUT2D eigenvalue weighted by molar-refractivity contribution is -0.0309. The van der Waals surface area contributed by atoms with Crippen LogP contribution in [-0.4, -0.2) is 30.8 Å². The van der Waals surface area contributed by atoms with Crippen LogP contribution in [0.4, 0.5) is 10.5 Å². The molecule has 3 N–H and O–H groups in total. The molecule has 0 atom stereocenters. The highest BCUT2D eigenvalue weighted by atomic mass is 35.5. The third kappa shape index (κ3) is 2.98. The van der Waals surface area contributed by atoms with Crippen molar-refractivity contribution >= 4 is 34.4 Å². The Hall–Kier alpha value is -1.83. The van der Waals surface area contributed by atoms with Gasteiger partial charge in [-0.25, -0.2) is 9.78 Å². The summed E-state index contributed by atoms with van der Waals surface area (Å²) in [5, 5.41) is 9.93. The summed E-state index contributed by atoms with van der Waals surface area (Å²) in [4.78, 5) is 16.9. The van der Waals surface area contributed by atoms with Gasteiger partial charge in [0, 0.05) is 18.0 Å². The third-order valence-corrected chi connectivity index (χ3v) is 6.17. The molecule has 27 heavy (non-hydrogen) atoms. The van der Waals surface area contributed by atoms with Crippen molar-refractivity contribution in [3.05, 3.63) is 22.5 Å². The molecule has 1 spiro atoms. The number of nitrogens with one attached hydrogen (secondary N) is 3. The Bertz CT molecular complexity index is 887. The summed E-state index contributed by atoms with van der Waals surface area (Å²) in [7, 11) is 0. The molecule has 7 nitrogen and oxygen atoms in total. The SMILES string of the molecule is O=C1Nc2c(Cl)cc3nc(CNCC4COC4)oc3c2C2(CCCCC2)N1. The van der Waals surface area contributed by atoms with Gasteiger partial charge in [0.05, 0.1) is 36.0 Å². The van der Waals surface area contributed by atoms with E-state index in [0.29, 0.717) is 29.1 Å². The second-order valence-corrected chi connectivity index (χ2v) is 8.23. The maximum atomic E-state index is 12.3. The zero-order valence-corrected chi connectivity index (χ0v) is 15.8. The average Bonchev–Trinajstić information content (AvgIpc) is 3.00. The minimum Gasteiger partial charge on any atom is -0.439 e. The van der Waals surface area contributed by atoms with Crippen molar-refractivity contribution in [2.24, 2.45) is 5.92 Å². The van der Waals surface area contributed by atoms with Gasteiger partial charge >= 0.3 is 6.03 Å². The lowest BCUT2D eigenvalue weighted by Gasteiger charge is -2.42. The first-order chi connectivity index (χ1) is 13.1. The van der Waals surface area contributed by atoms with Gasteiger partial charge in [0.25, 0.3) is 0 Å². The molecule has 2 fully saturated rings. The van der Waals surface area contributed by atoms with E-state index in [2.05, 4.69) is 20.9 Å². The number of anilines is 1. The summed E-state index contributed by atoms with van der Waals surface area (Å²) in [5.74, 6) is 1.21. The first kappa shape index (κ1) is 17.3. The Kier molecular flexibility index (Phi) is 4.26. The number of ether oxygens (including phenoxy) is 1. The fourth-order valence-corrected chi connectivity index (χ4v) is 4.72. The van der Waals surface area contributed by atoms with Gasteiger partial charge in [-0.15, -0.1) is 0 Å². The van der Waals surface area contributed by atoms with Crippen molar-refractivity contribution in [1.29, 1.82) is 0 Å². The number of urea groups is 1. The number of carbonyl (C=O) groups is 1. The van der Waals surface area contributed by atoms with E-state index >= 15 is 0 Å².